The van der Waals surface area contributed by atoms with Crippen LogP contribution in [0.5, 0.6) is 0 Å². The number of nitrogens with one attached hydrogen (secondary N) is 2. The van der Waals surface area contributed by atoms with Gasteiger partial charge in [0.1, 0.15) is 0 Å². The fourth-order valence-corrected chi connectivity index (χ4v) is 2.37. The first-order chi connectivity index (χ1) is 11.1. The van der Waals surface area contributed by atoms with Crippen LogP contribution >= 0.6 is 34.8 Å². The van der Waals surface area contributed by atoms with Crippen LogP contribution in [0.25, 0.3) is 0 Å². The predicted octanol–water partition coefficient (Wildman–Crippen LogP) is 5.32. The van der Waals surface area contributed by atoms with E-state index in [0.717, 1.165) is 5.69 Å². The molecule has 23 heavy (non-hydrogen) atoms. The van der Waals surface area contributed by atoms with Crippen LogP contribution in [0.3, 0.4) is 0 Å². The summed E-state index contributed by atoms with van der Waals surface area (Å²) in [7, 11) is 0. The highest BCUT2D eigenvalue weighted by Crippen LogP contribution is 2.27. The molecule has 3 rings (SSSR count). The molecule has 3 aromatic rings. The Balaban J connectivity index is 1.81. The number of hydrogen-bond acceptors (Lipinski definition) is 5. The van der Waals surface area contributed by atoms with Crippen LogP contribution in [0.1, 0.15) is 0 Å². The zero-order valence-corrected chi connectivity index (χ0v) is 13.9. The van der Waals surface area contributed by atoms with Gasteiger partial charge in [-0.2, -0.15) is 10.1 Å². The number of anilines is 4. The van der Waals surface area contributed by atoms with Crippen LogP contribution in [-0.2, 0) is 0 Å². The Morgan fingerprint density at radius 2 is 1.70 bits per heavy atom. The highest BCUT2D eigenvalue weighted by atomic mass is 35.5. The molecule has 0 radical (unpaired) electrons. The lowest BCUT2D eigenvalue weighted by Crippen LogP contribution is -2.02. The van der Waals surface area contributed by atoms with Gasteiger partial charge in [-0.05, 0) is 36.4 Å². The van der Waals surface area contributed by atoms with Gasteiger partial charge in [-0.3, -0.25) is 0 Å². The predicted molar refractivity (Wildman–Crippen MR) is 94.3 cm³/mol. The van der Waals surface area contributed by atoms with Crippen molar-refractivity contribution in [2.45, 2.75) is 0 Å². The third kappa shape index (κ3) is 4.22. The maximum absolute atomic E-state index is 6.11. The Morgan fingerprint density at radius 3 is 2.52 bits per heavy atom. The van der Waals surface area contributed by atoms with E-state index in [1.807, 2.05) is 12.1 Å². The largest absolute Gasteiger partial charge is 0.339 e. The van der Waals surface area contributed by atoms with Crippen molar-refractivity contribution in [2.24, 2.45) is 0 Å². The quantitative estimate of drug-likeness (QED) is 0.654. The van der Waals surface area contributed by atoms with Crippen LogP contribution < -0.4 is 10.6 Å². The lowest BCUT2D eigenvalue weighted by Gasteiger charge is -2.09. The van der Waals surface area contributed by atoms with E-state index >= 15 is 0 Å². The summed E-state index contributed by atoms with van der Waals surface area (Å²) in [6.45, 7) is 0. The maximum atomic E-state index is 6.11. The van der Waals surface area contributed by atoms with Crippen molar-refractivity contribution in [3.8, 4) is 0 Å². The zero-order valence-electron chi connectivity index (χ0n) is 11.6. The van der Waals surface area contributed by atoms with Crippen molar-refractivity contribution in [1.82, 2.24) is 15.2 Å². The molecule has 1 heterocycles. The minimum Gasteiger partial charge on any atom is -0.339 e. The lowest BCUT2D eigenvalue weighted by molar-refractivity contribution is 0.982. The topological polar surface area (TPSA) is 62.7 Å². The monoisotopic (exact) mass is 365 g/mol. The number of rotatable bonds is 4. The molecule has 0 aliphatic heterocycles. The molecular formula is C15H10Cl3N5. The van der Waals surface area contributed by atoms with Gasteiger partial charge in [-0.15, -0.1) is 5.10 Å². The Bertz CT molecular complexity index is 841. The molecule has 0 fully saturated rings. The Hall–Kier alpha value is -2.08. The number of hydrogen-bond donors (Lipinski definition) is 2. The third-order valence-corrected chi connectivity index (χ3v) is 3.63. The van der Waals surface area contributed by atoms with Crippen LogP contribution in [0.4, 0.5) is 23.1 Å². The molecule has 0 aliphatic rings. The molecule has 0 saturated carbocycles. The van der Waals surface area contributed by atoms with Crippen molar-refractivity contribution >= 4 is 57.9 Å². The summed E-state index contributed by atoms with van der Waals surface area (Å²) in [6.07, 6.45) is 1.51. The first-order valence-electron chi connectivity index (χ1n) is 6.54. The molecule has 0 spiro atoms. The smallest absolute Gasteiger partial charge is 0.249 e. The van der Waals surface area contributed by atoms with E-state index in [1.54, 1.807) is 30.3 Å². The average molecular weight is 367 g/mol. The van der Waals surface area contributed by atoms with E-state index in [0.29, 0.717) is 32.5 Å². The van der Waals surface area contributed by atoms with Gasteiger partial charge in [0.05, 0.1) is 16.9 Å². The van der Waals surface area contributed by atoms with Crippen LogP contribution in [-0.4, -0.2) is 15.2 Å². The molecule has 0 unspecified atom stereocenters. The molecule has 2 N–H and O–H groups in total. The van der Waals surface area contributed by atoms with Gasteiger partial charge in [-0.25, -0.2) is 0 Å². The van der Waals surface area contributed by atoms with Gasteiger partial charge < -0.3 is 10.6 Å². The van der Waals surface area contributed by atoms with E-state index in [-0.39, 0.29) is 0 Å². The van der Waals surface area contributed by atoms with Crippen molar-refractivity contribution < 1.29 is 0 Å². The summed E-state index contributed by atoms with van der Waals surface area (Å²) in [5, 5.41) is 15.6. The SMILES string of the molecule is Clc1cccc(Nc2cnnc(Nc3cc(Cl)ccc3Cl)n2)c1. The molecule has 5 nitrogen and oxygen atoms in total. The second-order valence-corrected chi connectivity index (χ2v) is 5.83. The van der Waals surface area contributed by atoms with Gasteiger partial charge in [-0.1, -0.05) is 40.9 Å². The number of aromatic nitrogens is 3. The molecule has 0 amide bonds. The van der Waals surface area contributed by atoms with Crippen LogP contribution in [0.2, 0.25) is 15.1 Å². The lowest BCUT2D eigenvalue weighted by atomic mass is 10.3. The average Bonchev–Trinajstić information content (AvgIpc) is 2.51. The van der Waals surface area contributed by atoms with Gasteiger partial charge in [0.2, 0.25) is 5.95 Å². The van der Waals surface area contributed by atoms with Gasteiger partial charge in [0.15, 0.2) is 5.82 Å². The molecule has 0 aliphatic carbocycles. The summed E-state index contributed by atoms with van der Waals surface area (Å²) >= 11 is 18.0. The fraction of sp³-hybridized carbons (Fsp3) is 0. The molecular weight excluding hydrogens is 357 g/mol. The highest BCUT2D eigenvalue weighted by molar-refractivity contribution is 6.35. The Labute approximate surface area is 147 Å². The van der Waals surface area contributed by atoms with Crippen LogP contribution in [0, 0.1) is 0 Å². The molecule has 1 aromatic heterocycles. The first-order valence-corrected chi connectivity index (χ1v) is 7.68. The summed E-state index contributed by atoms with van der Waals surface area (Å²) in [5.41, 5.74) is 1.39. The van der Waals surface area contributed by atoms with Crippen molar-refractivity contribution in [1.29, 1.82) is 0 Å². The van der Waals surface area contributed by atoms with E-state index < -0.39 is 0 Å². The van der Waals surface area contributed by atoms with Gasteiger partial charge in [0, 0.05) is 15.7 Å². The summed E-state index contributed by atoms with van der Waals surface area (Å²) in [5.74, 6) is 0.809. The molecule has 0 saturated heterocycles. The standard InChI is InChI=1S/C15H10Cl3N5/c16-9-2-1-3-11(6-9)20-14-8-19-23-15(22-14)21-13-7-10(17)4-5-12(13)18/h1-8H,(H2,20,21,22,23). The molecule has 116 valence electrons. The van der Waals surface area contributed by atoms with Crippen molar-refractivity contribution in [2.75, 3.05) is 10.6 Å². The summed E-state index contributed by atoms with van der Waals surface area (Å²) in [6, 6.07) is 12.4. The fourth-order valence-electron chi connectivity index (χ4n) is 1.84. The van der Waals surface area contributed by atoms with E-state index in [1.165, 1.54) is 6.20 Å². The van der Waals surface area contributed by atoms with E-state index in [4.69, 9.17) is 34.8 Å². The molecule has 0 bridgehead atoms. The maximum Gasteiger partial charge on any atom is 0.249 e. The summed E-state index contributed by atoms with van der Waals surface area (Å²) < 4.78 is 0. The van der Waals surface area contributed by atoms with Gasteiger partial charge >= 0.3 is 0 Å². The van der Waals surface area contributed by atoms with Gasteiger partial charge in [0.25, 0.3) is 0 Å². The van der Waals surface area contributed by atoms with E-state index in [9.17, 15) is 0 Å². The Morgan fingerprint density at radius 1 is 0.870 bits per heavy atom. The van der Waals surface area contributed by atoms with Crippen molar-refractivity contribution in [3.05, 3.63) is 63.7 Å². The number of halogens is 3. The number of benzene rings is 2. The van der Waals surface area contributed by atoms with Crippen LogP contribution in [0.15, 0.2) is 48.7 Å². The number of nitrogens with zero attached hydrogens (tertiary/aromatic N) is 3. The normalized spacial score (nSPS) is 10.4. The molecule has 0 atom stereocenters. The summed E-state index contributed by atoms with van der Waals surface area (Å²) in [4.78, 5) is 4.32. The Kier molecular flexibility index (Phi) is 4.81. The molecule has 8 heteroatoms. The third-order valence-electron chi connectivity index (χ3n) is 2.83. The minimum absolute atomic E-state index is 0.293. The van der Waals surface area contributed by atoms with Crippen molar-refractivity contribution in [3.63, 3.8) is 0 Å². The van der Waals surface area contributed by atoms with E-state index in [2.05, 4.69) is 25.8 Å². The minimum atomic E-state index is 0.293. The molecule has 2 aromatic carbocycles. The highest BCUT2D eigenvalue weighted by Gasteiger charge is 2.06. The zero-order chi connectivity index (χ0) is 16.2. The second-order valence-electron chi connectivity index (χ2n) is 4.55. The first kappa shape index (κ1) is 15.8. The second kappa shape index (κ2) is 7.00.